The van der Waals surface area contributed by atoms with Crippen LogP contribution in [-0.2, 0) is 4.74 Å². The van der Waals surface area contributed by atoms with Crippen LogP contribution in [0.15, 0.2) is 10.2 Å². The summed E-state index contributed by atoms with van der Waals surface area (Å²) in [6.07, 6.45) is 0.707. The maximum Gasteiger partial charge on any atom is 0.315 e. The molecule has 0 spiro atoms. The molecule has 2 amide bonds. The number of nitrogens with two attached hydrogens (primary N) is 1. The lowest BCUT2D eigenvalue weighted by molar-refractivity contribution is 0.153. The predicted octanol–water partition coefficient (Wildman–Crippen LogP) is -1.59. The minimum absolute atomic E-state index is 0.0935. The Labute approximate surface area is 117 Å². The van der Waals surface area contributed by atoms with E-state index < -0.39 is 18.2 Å². The molecule has 0 aromatic heterocycles. The van der Waals surface area contributed by atoms with Crippen LogP contribution in [0.1, 0.15) is 13.8 Å². The molecule has 116 valence electrons. The fourth-order valence-electron chi connectivity index (χ4n) is 1.000. The number of carbonyl (C=O) groups excluding carboxylic acids is 1. The van der Waals surface area contributed by atoms with E-state index >= 15 is 0 Å². The normalized spacial score (nSPS) is 16.6. The van der Waals surface area contributed by atoms with Gasteiger partial charge in [-0.1, -0.05) is 0 Å². The summed E-state index contributed by atoms with van der Waals surface area (Å²) in [6.45, 7) is 3.11. The first kappa shape index (κ1) is 18.3. The topological polar surface area (TPSA) is 142 Å². The number of hydrogen-bond donors (Lipinski definition) is 5. The van der Waals surface area contributed by atoms with Crippen molar-refractivity contribution in [3.05, 3.63) is 0 Å². The molecule has 0 aromatic rings. The molecule has 3 atom stereocenters. The molecule has 20 heavy (non-hydrogen) atoms. The molecule has 9 nitrogen and oxygen atoms in total. The Hall–Kier alpha value is -1.71. The van der Waals surface area contributed by atoms with Crippen LogP contribution in [0.5, 0.6) is 0 Å². The molecule has 6 N–H and O–H groups in total. The summed E-state index contributed by atoms with van der Waals surface area (Å²) < 4.78 is 4.83. The van der Waals surface area contributed by atoms with E-state index in [0.717, 1.165) is 0 Å². The summed E-state index contributed by atoms with van der Waals surface area (Å²) in [5, 5.41) is 30.4. The summed E-state index contributed by atoms with van der Waals surface area (Å²) in [5.41, 5.74) is 5.49. The van der Waals surface area contributed by atoms with Gasteiger partial charge in [-0.15, -0.1) is 5.10 Å². The van der Waals surface area contributed by atoms with E-state index in [1.165, 1.54) is 13.3 Å². The number of aliphatic hydroxyl groups is 2. The number of carbonyl (C=O) groups is 1. The number of hydrogen-bond acceptors (Lipinski definition) is 7. The average molecular weight is 289 g/mol. The van der Waals surface area contributed by atoms with Crippen molar-refractivity contribution in [2.75, 3.05) is 20.3 Å². The Morgan fingerprint density at radius 3 is 2.65 bits per heavy atom. The van der Waals surface area contributed by atoms with Crippen molar-refractivity contribution in [3.8, 4) is 0 Å². The molecule has 0 aliphatic heterocycles. The Morgan fingerprint density at radius 1 is 1.50 bits per heavy atom. The third kappa shape index (κ3) is 7.67. The van der Waals surface area contributed by atoms with Gasteiger partial charge in [0.25, 0.3) is 0 Å². The summed E-state index contributed by atoms with van der Waals surface area (Å²) in [7, 11) is 1.37. The van der Waals surface area contributed by atoms with Gasteiger partial charge in [0, 0.05) is 6.21 Å². The van der Waals surface area contributed by atoms with Gasteiger partial charge in [0.1, 0.15) is 6.04 Å². The average Bonchev–Trinajstić information content (AvgIpc) is 2.41. The van der Waals surface area contributed by atoms with Gasteiger partial charge in [-0.3, -0.25) is 0 Å². The highest BCUT2D eigenvalue weighted by Gasteiger charge is 2.11. The Morgan fingerprint density at radius 2 is 2.15 bits per heavy atom. The number of nitrogens with zero attached hydrogens (tertiary/aromatic N) is 2. The van der Waals surface area contributed by atoms with Crippen molar-refractivity contribution < 1.29 is 19.7 Å². The van der Waals surface area contributed by atoms with Crippen LogP contribution in [0.3, 0.4) is 0 Å². The summed E-state index contributed by atoms with van der Waals surface area (Å²) >= 11 is 0. The number of nitrogens with one attached hydrogen (secondary N) is 2. The minimum atomic E-state index is -0.736. The zero-order valence-electron chi connectivity index (χ0n) is 11.9. The van der Waals surface area contributed by atoms with Crippen molar-refractivity contribution in [2.24, 2.45) is 15.9 Å². The van der Waals surface area contributed by atoms with Crippen LogP contribution in [0.4, 0.5) is 4.79 Å². The molecule has 0 aromatic carbocycles. The van der Waals surface area contributed by atoms with Gasteiger partial charge in [0.15, 0.2) is 0 Å². The largest absolute Gasteiger partial charge is 0.482 e. The van der Waals surface area contributed by atoms with Crippen LogP contribution in [-0.4, -0.2) is 66.8 Å². The first-order valence-corrected chi connectivity index (χ1v) is 6.14. The van der Waals surface area contributed by atoms with E-state index in [-0.39, 0.29) is 25.1 Å². The molecule has 9 heteroatoms. The summed E-state index contributed by atoms with van der Waals surface area (Å²) in [6, 6.07) is -1.51. The molecule has 0 rings (SSSR count). The molecule has 0 bridgehead atoms. The Kier molecular flexibility index (Phi) is 9.26. The van der Waals surface area contributed by atoms with E-state index in [2.05, 4.69) is 20.8 Å². The van der Waals surface area contributed by atoms with Crippen molar-refractivity contribution in [1.29, 1.82) is 0 Å². The maximum atomic E-state index is 11.4. The van der Waals surface area contributed by atoms with Crippen molar-refractivity contribution in [3.63, 3.8) is 0 Å². The summed E-state index contributed by atoms with van der Waals surface area (Å²) in [4.78, 5) is 11.4. The first-order chi connectivity index (χ1) is 9.42. The van der Waals surface area contributed by atoms with Gasteiger partial charge in [0.2, 0.25) is 5.90 Å². The van der Waals surface area contributed by atoms with Gasteiger partial charge in [-0.25, -0.2) is 4.79 Å². The van der Waals surface area contributed by atoms with Crippen molar-refractivity contribution in [2.45, 2.75) is 32.0 Å². The molecule has 0 radical (unpaired) electrons. The third-order valence-corrected chi connectivity index (χ3v) is 2.40. The van der Waals surface area contributed by atoms with Crippen LogP contribution in [0.25, 0.3) is 0 Å². The lowest BCUT2D eigenvalue weighted by Gasteiger charge is -2.16. The standard InChI is InChI=1S/C11H23N5O4/c1-7(8(2)18)15-11(19)13-4-5-14-16-10(20-3)9(12)6-17/h5,7-9,17-18H,4,6,12H2,1-3H3,(H2,13,15,19)/b14-5+,16-10-/t7?,8?,9-/m0/s1. The summed E-state index contributed by atoms with van der Waals surface area (Å²) in [5.74, 6) is 0.0935. The first-order valence-electron chi connectivity index (χ1n) is 6.14. The van der Waals surface area contributed by atoms with E-state index in [4.69, 9.17) is 15.6 Å². The number of ether oxygens (including phenoxy) is 1. The molecule has 0 heterocycles. The highest BCUT2D eigenvalue weighted by atomic mass is 16.5. The van der Waals surface area contributed by atoms with Crippen molar-refractivity contribution >= 4 is 18.1 Å². The van der Waals surface area contributed by atoms with Crippen LogP contribution in [0.2, 0.25) is 0 Å². The fraction of sp³-hybridized carbons (Fsp3) is 0.727. The Bertz CT molecular complexity index is 346. The molecule has 0 saturated heterocycles. The molecular weight excluding hydrogens is 266 g/mol. The number of amides is 2. The smallest absolute Gasteiger partial charge is 0.315 e. The number of rotatable bonds is 7. The predicted molar refractivity (Wildman–Crippen MR) is 75.7 cm³/mol. The van der Waals surface area contributed by atoms with Gasteiger partial charge in [0.05, 0.1) is 32.4 Å². The second-order valence-electron chi connectivity index (χ2n) is 4.11. The molecule has 0 aliphatic rings. The lowest BCUT2D eigenvalue weighted by atomic mass is 10.2. The number of aliphatic hydroxyl groups excluding tert-OH is 2. The molecule has 0 fully saturated rings. The lowest BCUT2D eigenvalue weighted by Crippen LogP contribution is -2.45. The Balaban J connectivity index is 4.08. The monoisotopic (exact) mass is 289 g/mol. The quantitative estimate of drug-likeness (QED) is 0.218. The second kappa shape index (κ2) is 10.1. The van der Waals surface area contributed by atoms with Gasteiger partial charge < -0.3 is 31.3 Å². The molecule has 0 aliphatic carbocycles. The number of urea groups is 1. The fourth-order valence-corrected chi connectivity index (χ4v) is 1.000. The second-order valence-corrected chi connectivity index (χ2v) is 4.11. The third-order valence-electron chi connectivity index (χ3n) is 2.40. The van der Waals surface area contributed by atoms with Crippen LogP contribution >= 0.6 is 0 Å². The van der Waals surface area contributed by atoms with Crippen LogP contribution in [0, 0.1) is 0 Å². The highest BCUT2D eigenvalue weighted by Crippen LogP contribution is 1.89. The van der Waals surface area contributed by atoms with Gasteiger partial charge in [-0.2, -0.15) is 5.10 Å². The zero-order chi connectivity index (χ0) is 15.5. The van der Waals surface area contributed by atoms with Gasteiger partial charge in [-0.05, 0) is 13.8 Å². The molecular formula is C11H23N5O4. The SMILES string of the molecule is CO/C(=N\N=C\CNC(=O)NC(C)C(C)O)[C@@H](N)CO. The maximum absolute atomic E-state index is 11.4. The van der Waals surface area contributed by atoms with Gasteiger partial charge >= 0.3 is 6.03 Å². The minimum Gasteiger partial charge on any atom is -0.482 e. The van der Waals surface area contributed by atoms with E-state index in [1.807, 2.05) is 0 Å². The van der Waals surface area contributed by atoms with E-state index in [0.29, 0.717) is 0 Å². The van der Waals surface area contributed by atoms with Crippen LogP contribution < -0.4 is 16.4 Å². The highest BCUT2D eigenvalue weighted by molar-refractivity contribution is 5.82. The molecule has 0 saturated carbocycles. The van der Waals surface area contributed by atoms with E-state index in [1.54, 1.807) is 13.8 Å². The van der Waals surface area contributed by atoms with Crippen molar-refractivity contribution in [1.82, 2.24) is 10.6 Å². The molecule has 2 unspecified atom stereocenters. The number of methoxy groups -OCH3 is 1. The van der Waals surface area contributed by atoms with E-state index in [9.17, 15) is 9.90 Å². The zero-order valence-corrected chi connectivity index (χ0v) is 11.9.